The van der Waals surface area contributed by atoms with E-state index in [-0.39, 0.29) is 12.4 Å². The first-order valence-electron chi connectivity index (χ1n) is 5.64. The number of nitrogens with two attached hydrogens (primary N) is 1. The maximum Gasteiger partial charge on any atom is 0.331 e. The van der Waals surface area contributed by atoms with E-state index in [9.17, 15) is 9.59 Å². The van der Waals surface area contributed by atoms with Crippen LogP contribution in [0.5, 0.6) is 0 Å². The van der Waals surface area contributed by atoms with E-state index < -0.39 is 12.0 Å². The quantitative estimate of drug-likeness (QED) is 0.598. The summed E-state index contributed by atoms with van der Waals surface area (Å²) in [6.07, 6.45) is 0.986. The number of ether oxygens (including phenoxy) is 1. The normalized spacial score (nSPS) is 11.9. The fraction of sp³-hybridized carbons (Fsp3) is 0.385. The van der Waals surface area contributed by atoms with Crippen LogP contribution in [0.15, 0.2) is 30.3 Å². The molecule has 0 fully saturated rings. The number of esters is 1. The van der Waals surface area contributed by atoms with Gasteiger partial charge in [0.1, 0.15) is 6.61 Å². The van der Waals surface area contributed by atoms with E-state index in [2.05, 4.69) is 0 Å². The third-order valence-corrected chi connectivity index (χ3v) is 2.32. The molecule has 4 nitrogen and oxygen atoms in total. The number of benzene rings is 1. The Morgan fingerprint density at radius 3 is 2.53 bits per heavy atom. The van der Waals surface area contributed by atoms with Gasteiger partial charge in [0.05, 0.1) is 0 Å². The Morgan fingerprint density at radius 1 is 1.29 bits per heavy atom. The fourth-order valence-electron chi connectivity index (χ4n) is 1.35. The molecule has 17 heavy (non-hydrogen) atoms. The molecule has 0 radical (unpaired) electrons. The van der Waals surface area contributed by atoms with E-state index >= 15 is 0 Å². The van der Waals surface area contributed by atoms with E-state index in [1.54, 1.807) is 0 Å². The number of carbonyl (C=O) groups excluding carboxylic acids is 2. The maximum atomic E-state index is 11.5. The van der Waals surface area contributed by atoms with Crippen molar-refractivity contribution in [2.75, 3.05) is 0 Å². The number of Topliss-reactive ketones (excluding diaryl/α,β-unsaturated/α-hetero) is 1. The Kier molecular flexibility index (Phi) is 5.36. The lowest BCUT2D eigenvalue weighted by atomic mass is 10.1. The molecule has 0 heterocycles. The third kappa shape index (κ3) is 4.36. The van der Waals surface area contributed by atoms with Crippen LogP contribution >= 0.6 is 0 Å². The molecule has 1 unspecified atom stereocenters. The third-order valence-electron chi connectivity index (χ3n) is 2.32. The van der Waals surface area contributed by atoms with Gasteiger partial charge in [-0.15, -0.1) is 0 Å². The van der Waals surface area contributed by atoms with Crippen molar-refractivity contribution in [3.8, 4) is 0 Å². The molecule has 0 saturated heterocycles. The molecule has 1 aromatic rings. The predicted octanol–water partition coefficient (Wildman–Crippen LogP) is 1.43. The summed E-state index contributed by atoms with van der Waals surface area (Å²) < 4.78 is 4.97. The summed E-state index contributed by atoms with van der Waals surface area (Å²) in [5.74, 6) is -0.933. The van der Waals surface area contributed by atoms with Crippen molar-refractivity contribution >= 4 is 11.8 Å². The highest BCUT2D eigenvalue weighted by atomic mass is 16.5. The van der Waals surface area contributed by atoms with Gasteiger partial charge >= 0.3 is 5.97 Å². The molecule has 0 spiro atoms. The van der Waals surface area contributed by atoms with Crippen LogP contribution in [-0.4, -0.2) is 17.8 Å². The Balaban J connectivity index is 2.42. The van der Waals surface area contributed by atoms with Gasteiger partial charge < -0.3 is 10.5 Å². The van der Waals surface area contributed by atoms with Crippen molar-refractivity contribution in [3.05, 3.63) is 35.9 Å². The summed E-state index contributed by atoms with van der Waals surface area (Å²) >= 11 is 0. The number of hydrogen-bond acceptors (Lipinski definition) is 4. The molecular weight excluding hydrogens is 218 g/mol. The smallest absolute Gasteiger partial charge is 0.331 e. The van der Waals surface area contributed by atoms with Crippen molar-refractivity contribution < 1.29 is 14.3 Å². The SMILES string of the molecule is CCCC(=O)C(N)C(=O)OCc1ccccc1. The van der Waals surface area contributed by atoms with Crippen molar-refractivity contribution in [2.45, 2.75) is 32.4 Å². The lowest BCUT2D eigenvalue weighted by Crippen LogP contribution is -2.39. The molecule has 4 heteroatoms. The van der Waals surface area contributed by atoms with Crippen LogP contribution in [0.2, 0.25) is 0 Å². The topological polar surface area (TPSA) is 69.4 Å². The minimum absolute atomic E-state index is 0.146. The van der Waals surface area contributed by atoms with E-state index in [1.165, 1.54) is 0 Å². The van der Waals surface area contributed by atoms with Gasteiger partial charge in [0, 0.05) is 6.42 Å². The molecule has 1 aromatic carbocycles. The van der Waals surface area contributed by atoms with Crippen LogP contribution in [0.3, 0.4) is 0 Å². The zero-order valence-corrected chi connectivity index (χ0v) is 9.89. The number of hydrogen-bond donors (Lipinski definition) is 1. The molecule has 0 aromatic heterocycles. The highest BCUT2D eigenvalue weighted by molar-refractivity contribution is 6.02. The van der Waals surface area contributed by atoms with Gasteiger partial charge in [0.2, 0.25) is 0 Å². The van der Waals surface area contributed by atoms with Crippen LogP contribution in [0.1, 0.15) is 25.3 Å². The second-order valence-electron chi connectivity index (χ2n) is 3.79. The van der Waals surface area contributed by atoms with Crippen molar-refractivity contribution in [3.63, 3.8) is 0 Å². The molecule has 2 N–H and O–H groups in total. The summed E-state index contributed by atoms with van der Waals surface area (Å²) in [4.78, 5) is 22.8. The molecule has 0 aliphatic rings. The van der Waals surface area contributed by atoms with Crippen LogP contribution in [0, 0.1) is 0 Å². The van der Waals surface area contributed by atoms with Gasteiger partial charge in [-0.1, -0.05) is 37.3 Å². The maximum absolute atomic E-state index is 11.5. The second-order valence-corrected chi connectivity index (χ2v) is 3.79. The summed E-state index contributed by atoms with van der Waals surface area (Å²) in [6, 6.07) is 8.11. The van der Waals surface area contributed by atoms with Crippen molar-refractivity contribution in [1.29, 1.82) is 0 Å². The minimum atomic E-state index is -1.15. The van der Waals surface area contributed by atoms with Crippen LogP contribution in [0.4, 0.5) is 0 Å². The lowest BCUT2D eigenvalue weighted by Gasteiger charge is -2.10. The average Bonchev–Trinajstić information content (AvgIpc) is 2.36. The summed E-state index contributed by atoms with van der Waals surface area (Å²) in [5.41, 5.74) is 6.36. The zero-order chi connectivity index (χ0) is 12.7. The fourth-order valence-corrected chi connectivity index (χ4v) is 1.35. The largest absolute Gasteiger partial charge is 0.459 e. The first-order chi connectivity index (χ1) is 8.15. The molecule has 92 valence electrons. The van der Waals surface area contributed by atoms with Gasteiger partial charge in [-0.3, -0.25) is 4.79 Å². The number of ketones is 1. The van der Waals surface area contributed by atoms with E-state index in [0.29, 0.717) is 12.8 Å². The average molecular weight is 235 g/mol. The monoisotopic (exact) mass is 235 g/mol. The molecule has 0 bridgehead atoms. The minimum Gasteiger partial charge on any atom is -0.459 e. The Bertz CT molecular complexity index is 376. The highest BCUT2D eigenvalue weighted by Gasteiger charge is 2.22. The molecule has 0 saturated carbocycles. The first kappa shape index (κ1) is 13.4. The van der Waals surface area contributed by atoms with Gasteiger partial charge in [-0.25, -0.2) is 4.79 Å². The number of rotatable bonds is 6. The molecule has 0 amide bonds. The Hall–Kier alpha value is -1.68. The van der Waals surface area contributed by atoms with E-state index in [0.717, 1.165) is 5.56 Å². The first-order valence-corrected chi connectivity index (χ1v) is 5.64. The second kappa shape index (κ2) is 6.81. The van der Waals surface area contributed by atoms with E-state index in [1.807, 2.05) is 37.3 Å². The van der Waals surface area contributed by atoms with Crippen LogP contribution in [0.25, 0.3) is 0 Å². The summed E-state index contributed by atoms with van der Waals surface area (Å²) in [6.45, 7) is 2.01. The summed E-state index contributed by atoms with van der Waals surface area (Å²) in [5, 5.41) is 0. The Labute approximate surface area is 101 Å². The summed E-state index contributed by atoms with van der Waals surface area (Å²) in [7, 11) is 0. The highest BCUT2D eigenvalue weighted by Crippen LogP contribution is 2.02. The van der Waals surface area contributed by atoms with Crippen LogP contribution < -0.4 is 5.73 Å². The molecule has 1 atom stereocenters. The lowest BCUT2D eigenvalue weighted by molar-refractivity contribution is -0.149. The molecule has 0 aliphatic heterocycles. The number of carbonyl (C=O) groups is 2. The molecule has 0 aliphatic carbocycles. The van der Waals surface area contributed by atoms with E-state index in [4.69, 9.17) is 10.5 Å². The van der Waals surface area contributed by atoms with Crippen LogP contribution in [-0.2, 0) is 20.9 Å². The predicted molar refractivity (Wildman–Crippen MR) is 64.1 cm³/mol. The Morgan fingerprint density at radius 2 is 1.94 bits per heavy atom. The van der Waals surface area contributed by atoms with Gasteiger partial charge in [-0.05, 0) is 12.0 Å². The standard InChI is InChI=1S/C13H17NO3/c1-2-6-11(15)12(14)13(16)17-9-10-7-4-3-5-8-10/h3-5,7-8,12H,2,6,9,14H2,1H3. The van der Waals surface area contributed by atoms with Crippen molar-refractivity contribution in [1.82, 2.24) is 0 Å². The van der Waals surface area contributed by atoms with Gasteiger partial charge in [-0.2, -0.15) is 0 Å². The van der Waals surface area contributed by atoms with Crippen molar-refractivity contribution in [2.24, 2.45) is 5.73 Å². The zero-order valence-electron chi connectivity index (χ0n) is 9.89. The molecular formula is C13H17NO3. The molecule has 1 rings (SSSR count). The van der Waals surface area contributed by atoms with Gasteiger partial charge in [0.25, 0.3) is 0 Å². The van der Waals surface area contributed by atoms with Gasteiger partial charge in [0.15, 0.2) is 11.8 Å².